The lowest BCUT2D eigenvalue weighted by molar-refractivity contribution is 0.116. The molecule has 1 aromatic rings. The number of amidine groups is 1. The Morgan fingerprint density at radius 2 is 2.19 bits per heavy atom. The minimum Gasteiger partial charge on any atom is -0.457 e. The van der Waals surface area contributed by atoms with Crippen molar-refractivity contribution in [3.8, 4) is 0 Å². The van der Waals surface area contributed by atoms with E-state index >= 15 is 0 Å². The molecule has 0 fully saturated rings. The number of sulfonamides is 1. The molecule has 0 saturated heterocycles. The van der Waals surface area contributed by atoms with Crippen molar-refractivity contribution >= 4 is 21.7 Å². The summed E-state index contributed by atoms with van der Waals surface area (Å²) in [6.45, 7) is 5.27. The van der Waals surface area contributed by atoms with Crippen LogP contribution >= 0.6 is 0 Å². The van der Waals surface area contributed by atoms with Gasteiger partial charge in [0.15, 0.2) is 0 Å². The Kier molecular flexibility index (Phi) is 4.25. The first-order valence-corrected chi connectivity index (χ1v) is 8.38. The van der Waals surface area contributed by atoms with E-state index in [2.05, 4.69) is 9.71 Å². The second kappa shape index (κ2) is 5.65. The summed E-state index contributed by atoms with van der Waals surface area (Å²) < 4.78 is 32.6. The number of aliphatic hydroxyl groups is 1. The first kappa shape index (κ1) is 15.8. The van der Waals surface area contributed by atoms with Crippen LogP contribution < -0.4 is 5.32 Å². The molecule has 1 atom stereocenters. The maximum absolute atomic E-state index is 11.7. The second-order valence-electron chi connectivity index (χ2n) is 5.66. The highest BCUT2D eigenvalue weighted by Gasteiger charge is 2.34. The molecular weight excluding hydrogens is 292 g/mol. The molecular formula is C14H20N2O4S. The van der Waals surface area contributed by atoms with E-state index in [4.69, 9.17) is 4.74 Å². The number of anilines is 1. The van der Waals surface area contributed by atoms with Crippen LogP contribution in [0.4, 0.5) is 5.69 Å². The molecule has 0 saturated carbocycles. The molecule has 1 heterocycles. The third kappa shape index (κ3) is 4.18. The number of rotatable bonds is 3. The predicted molar refractivity (Wildman–Crippen MR) is 81.7 cm³/mol. The van der Waals surface area contributed by atoms with Crippen molar-refractivity contribution in [2.75, 3.05) is 11.1 Å². The van der Waals surface area contributed by atoms with Crippen molar-refractivity contribution in [3.05, 3.63) is 29.8 Å². The zero-order chi connectivity index (χ0) is 15.7. The topological polar surface area (TPSA) is 88.0 Å². The van der Waals surface area contributed by atoms with E-state index in [1.165, 1.54) is 0 Å². The molecule has 0 amide bonds. The first-order valence-electron chi connectivity index (χ1n) is 6.77. The molecule has 21 heavy (non-hydrogen) atoms. The van der Waals surface area contributed by atoms with Crippen LogP contribution in [0.5, 0.6) is 0 Å². The quantitative estimate of drug-likeness (QED) is 0.891. The van der Waals surface area contributed by atoms with Crippen LogP contribution in [0.25, 0.3) is 0 Å². The molecule has 1 aliphatic rings. The van der Waals surface area contributed by atoms with Crippen molar-refractivity contribution < 1.29 is 18.3 Å². The van der Waals surface area contributed by atoms with Crippen LogP contribution in [0.3, 0.4) is 0 Å². The van der Waals surface area contributed by atoms with Gasteiger partial charge in [0.1, 0.15) is 11.4 Å². The normalized spacial score (nSPS) is 21.0. The zero-order valence-corrected chi connectivity index (χ0v) is 13.1. The molecule has 0 unspecified atom stereocenters. The van der Waals surface area contributed by atoms with Crippen LogP contribution in [0.2, 0.25) is 0 Å². The van der Waals surface area contributed by atoms with Gasteiger partial charge < -0.3 is 15.2 Å². The second-order valence-corrected chi connectivity index (χ2v) is 7.29. The van der Waals surface area contributed by atoms with Crippen LogP contribution in [0.1, 0.15) is 38.9 Å². The van der Waals surface area contributed by atoms with E-state index in [0.717, 1.165) is 5.56 Å². The summed E-state index contributed by atoms with van der Waals surface area (Å²) >= 11 is 0. The Labute approximate surface area is 124 Å². The highest BCUT2D eigenvalue weighted by molar-refractivity contribution is 7.90. The molecule has 116 valence electrons. The van der Waals surface area contributed by atoms with Crippen molar-refractivity contribution in [2.45, 2.75) is 38.9 Å². The summed E-state index contributed by atoms with van der Waals surface area (Å²) in [6.07, 6.45) is 0.0450. The molecule has 2 N–H and O–H groups in total. The average molecular weight is 312 g/mol. The Morgan fingerprint density at radius 3 is 2.81 bits per heavy atom. The van der Waals surface area contributed by atoms with Crippen molar-refractivity contribution in [2.24, 2.45) is 4.40 Å². The van der Waals surface area contributed by atoms with Gasteiger partial charge in [-0.05, 0) is 38.0 Å². The lowest BCUT2D eigenvalue weighted by atomic mass is 10.1. The third-order valence-electron chi connectivity index (χ3n) is 3.03. The van der Waals surface area contributed by atoms with E-state index in [1.54, 1.807) is 32.0 Å². The van der Waals surface area contributed by atoms with Gasteiger partial charge in [0, 0.05) is 5.69 Å². The minimum absolute atomic E-state index is 0.0469. The highest BCUT2D eigenvalue weighted by Crippen LogP contribution is 2.23. The van der Waals surface area contributed by atoms with Crippen molar-refractivity contribution in [1.82, 2.24) is 0 Å². The fourth-order valence-electron chi connectivity index (χ4n) is 2.14. The number of hydrogen-bond acceptors (Lipinski definition) is 5. The summed E-state index contributed by atoms with van der Waals surface area (Å²) in [5, 5.41) is 12.7. The number of hydrogen-bond donors (Lipinski definition) is 2. The van der Waals surface area contributed by atoms with E-state index in [9.17, 15) is 13.5 Å². The van der Waals surface area contributed by atoms with Crippen LogP contribution in [0, 0.1) is 0 Å². The summed E-state index contributed by atoms with van der Waals surface area (Å²) in [6, 6.07) is 7.04. The molecule has 6 nitrogen and oxygen atoms in total. The van der Waals surface area contributed by atoms with Gasteiger partial charge in [-0.25, -0.2) is 8.42 Å². The number of nitrogens with one attached hydrogen (secondary N) is 1. The zero-order valence-electron chi connectivity index (χ0n) is 12.3. The van der Waals surface area contributed by atoms with Crippen LogP contribution in [-0.4, -0.2) is 30.9 Å². The summed E-state index contributed by atoms with van der Waals surface area (Å²) in [7, 11) is -3.54. The maximum Gasteiger partial charge on any atom is 0.305 e. The molecule has 0 aromatic heterocycles. The molecule has 0 radical (unpaired) electrons. The SMILES string of the molecule is CC[C@H](O)c1cccc(NC2=NS(=O)(=O)CC(C)(C)O2)c1. The molecule has 1 aliphatic heterocycles. The Bertz CT molecular complexity index is 653. The highest BCUT2D eigenvalue weighted by atomic mass is 32.2. The van der Waals surface area contributed by atoms with Gasteiger partial charge >= 0.3 is 6.02 Å². The smallest absolute Gasteiger partial charge is 0.305 e. The fourth-order valence-corrected chi connectivity index (χ4v) is 3.48. The number of aliphatic hydroxyl groups excluding tert-OH is 1. The van der Waals surface area contributed by atoms with Gasteiger partial charge in [0.05, 0.1) is 6.10 Å². The molecule has 2 rings (SSSR count). The third-order valence-corrected chi connectivity index (χ3v) is 4.54. The summed E-state index contributed by atoms with van der Waals surface area (Å²) in [4.78, 5) is 0. The fraction of sp³-hybridized carbons (Fsp3) is 0.500. The molecule has 0 bridgehead atoms. The van der Waals surface area contributed by atoms with Gasteiger partial charge in [-0.3, -0.25) is 0 Å². The van der Waals surface area contributed by atoms with E-state index in [0.29, 0.717) is 12.1 Å². The van der Waals surface area contributed by atoms with Crippen molar-refractivity contribution in [1.29, 1.82) is 0 Å². The van der Waals surface area contributed by atoms with Gasteiger partial charge in [-0.1, -0.05) is 19.1 Å². The lowest BCUT2D eigenvalue weighted by Crippen LogP contribution is -2.42. The van der Waals surface area contributed by atoms with Crippen LogP contribution in [-0.2, 0) is 14.8 Å². The molecule has 0 aliphatic carbocycles. The van der Waals surface area contributed by atoms with Gasteiger partial charge in [-0.15, -0.1) is 4.40 Å². The first-order chi connectivity index (χ1) is 9.71. The van der Waals surface area contributed by atoms with E-state index in [-0.39, 0.29) is 11.8 Å². The Balaban J connectivity index is 2.24. The number of nitrogens with zero attached hydrogens (tertiary/aromatic N) is 1. The monoisotopic (exact) mass is 312 g/mol. The molecule has 1 aromatic carbocycles. The predicted octanol–water partition coefficient (Wildman–Crippen LogP) is 2.04. The lowest BCUT2D eigenvalue weighted by Gasteiger charge is -2.29. The standard InChI is InChI=1S/C14H20N2O4S/c1-4-12(17)10-6-5-7-11(8-10)15-13-16-21(18,19)9-14(2,3)20-13/h5-8,12,17H,4,9H2,1-3H3,(H,15,16)/t12-/m0/s1. The summed E-state index contributed by atoms with van der Waals surface area (Å²) in [5.41, 5.74) is 0.538. The van der Waals surface area contributed by atoms with E-state index in [1.807, 2.05) is 13.0 Å². The largest absolute Gasteiger partial charge is 0.457 e. The number of ether oxygens (including phenoxy) is 1. The minimum atomic E-state index is -3.54. The Hall–Kier alpha value is -1.60. The average Bonchev–Trinajstić information content (AvgIpc) is 2.34. The Morgan fingerprint density at radius 1 is 1.48 bits per heavy atom. The van der Waals surface area contributed by atoms with E-state index < -0.39 is 21.7 Å². The molecule has 7 heteroatoms. The van der Waals surface area contributed by atoms with Gasteiger partial charge in [-0.2, -0.15) is 0 Å². The maximum atomic E-state index is 11.7. The van der Waals surface area contributed by atoms with Gasteiger partial charge in [0.2, 0.25) is 0 Å². The number of benzene rings is 1. The molecule has 0 spiro atoms. The van der Waals surface area contributed by atoms with Crippen molar-refractivity contribution in [3.63, 3.8) is 0 Å². The van der Waals surface area contributed by atoms with Crippen LogP contribution in [0.15, 0.2) is 28.7 Å². The summed E-state index contributed by atoms with van der Waals surface area (Å²) in [5.74, 6) is -0.153. The van der Waals surface area contributed by atoms with Gasteiger partial charge in [0.25, 0.3) is 10.0 Å².